The molecule has 5 heteroatoms. The van der Waals surface area contributed by atoms with Crippen molar-refractivity contribution in [2.45, 2.75) is 20.3 Å². The topological polar surface area (TPSA) is 34.4 Å². The number of nitrogens with zero attached hydrogens (tertiary/aromatic N) is 2. The van der Waals surface area contributed by atoms with Crippen molar-refractivity contribution in [3.8, 4) is 11.3 Å². The maximum absolute atomic E-state index is 11.6. The number of hydrogen-bond acceptors (Lipinski definition) is 3. The van der Waals surface area contributed by atoms with Crippen molar-refractivity contribution in [1.29, 1.82) is 0 Å². The highest BCUT2D eigenvalue weighted by Gasteiger charge is 2.18. The predicted molar refractivity (Wildman–Crippen MR) is 85.7 cm³/mol. The molecule has 3 nitrogen and oxygen atoms in total. The molecular weight excluding hydrogens is 336 g/mol. The van der Waals surface area contributed by atoms with Crippen LogP contribution in [0.2, 0.25) is 0 Å². The highest BCUT2D eigenvalue weighted by atomic mass is 79.9. The number of fused-ring (bicyclic) bond motifs is 1. The van der Waals surface area contributed by atoms with E-state index < -0.39 is 0 Å². The third-order valence-electron chi connectivity index (χ3n) is 3.37. The van der Waals surface area contributed by atoms with Crippen LogP contribution in [0.5, 0.6) is 0 Å². The van der Waals surface area contributed by atoms with Gasteiger partial charge in [0.25, 0.3) is 0 Å². The van der Waals surface area contributed by atoms with E-state index >= 15 is 0 Å². The van der Waals surface area contributed by atoms with Gasteiger partial charge in [-0.05, 0) is 25.5 Å². The summed E-state index contributed by atoms with van der Waals surface area (Å²) in [6.07, 6.45) is 1.80. The first-order chi connectivity index (χ1) is 9.65. The Labute approximate surface area is 129 Å². The smallest absolute Gasteiger partial charge is 0.195 e. The average molecular weight is 349 g/mol. The van der Waals surface area contributed by atoms with Gasteiger partial charge in [0.15, 0.2) is 11.2 Å². The molecule has 0 aliphatic rings. The highest BCUT2D eigenvalue weighted by molar-refractivity contribution is 9.10. The van der Waals surface area contributed by atoms with Crippen LogP contribution in [0.25, 0.3) is 16.2 Å². The van der Waals surface area contributed by atoms with Crippen LogP contribution < -0.4 is 0 Å². The first kappa shape index (κ1) is 13.5. The van der Waals surface area contributed by atoms with Crippen LogP contribution >= 0.6 is 27.3 Å². The number of aromatic nitrogens is 2. The van der Waals surface area contributed by atoms with E-state index in [1.165, 1.54) is 10.6 Å². The van der Waals surface area contributed by atoms with E-state index in [1.54, 1.807) is 11.3 Å². The van der Waals surface area contributed by atoms with Crippen LogP contribution in [0, 0.1) is 6.92 Å². The van der Waals surface area contributed by atoms with Gasteiger partial charge in [0.05, 0.1) is 0 Å². The zero-order valence-electron chi connectivity index (χ0n) is 11.2. The number of halogens is 1. The van der Waals surface area contributed by atoms with Crippen molar-refractivity contribution >= 4 is 38.5 Å². The Kier molecular flexibility index (Phi) is 3.48. The van der Waals surface area contributed by atoms with Crippen molar-refractivity contribution in [3.05, 3.63) is 45.0 Å². The van der Waals surface area contributed by atoms with Gasteiger partial charge in [0.2, 0.25) is 0 Å². The summed E-state index contributed by atoms with van der Waals surface area (Å²) in [7, 11) is 0. The van der Waals surface area contributed by atoms with Crippen LogP contribution in [0.4, 0.5) is 0 Å². The molecular formula is C15H13BrN2OS. The van der Waals surface area contributed by atoms with Crippen LogP contribution in [0.1, 0.15) is 28.0 Å². The average Bonchev–Trinajstić information content (AvgIpc) is 2.93. The number of hydrogen-bond donors (Lipinski definition) is 0. The zero-order valence-corrected chi connectivity index (χ0v) is 13.6. The molecule has 0 unspecified atom stereocenters. The molecule has 0 amide bonds. The van der Waals surface area contributed by atoms with Gasteiger partial charge in [-0.3, -0.25) is 9.20 Å². The summed E-state index contributed by atoms with van der Waals surface area (Å²) in [6, 6.07) is 7.87. The molecule has 20 heavy (non-hydrogen) atoms. The third kappa shape index (κ3) is 2.01. The minimum Gasteiger partial charge on any atom is -0.296 e. The van der Waals surface area contributed by atoms with Crippen molar-refractivity contribution in [3.63, 3.8) is 0 Å². The summed E-state index contributed by atoms with van der Waals surface area (Å²) in [5.74, 6) is 0. The van der Waals surface area contributed by atoms with Crippen LogP contribution in [-0.4, -0.2) is 15.7 Å². The number of thiazole rings is 1. The van der Waals surface area contributed by atoms with Gasteiger partial charge in [-0.1, -0.05) is 35.0 Å². The van der Waals surface area contributed by atoms with Crippen molar-refractivity contribution in [1.82, 2.24) is 9.38 Å². The Morgan fingerprint density at radius 1 is 1.35 bits per heavy atom. The quantitative estimate of drug-likeness (QED) is 0.652. The van der Waals surface area contributed by atoms with E-state index in [0.29, 0.717) is 5.69 Å². The lowest BCUT2D eigenvalue weighted by molar-refractivity contribution is 0.111. The maximum atomic E-state index is 11.6. The lowest BCUT2D eigenvalue weighted by Gasteiger charge is -2.01. The number of carbonyl (C=O) groups is 1. The molecule has 0 atom stereocenters. The normalized spacial score (nSPS) is 11.2. The molecule has 0 saturated heterocycles. The largest absolute Gasteiger partial charge is 0.296 e. The molecule has 1 aromatic carbocycles. The second-order valence-corrected chi connectivity index (χ2v) is 6.64. The van der Waals surface area contributed by atoms with Gasteiger partial charge in [0, 0.05) is 20.6 Å². The van der Waals surface area contributed by atoms with Crippen LogP contribution in [0.3, 0.4) is 0 Å². The molecule has 0 bridgehead atoms. The number of aldehydes is 1. The zero-order chi connectivity index (χ0) is 14.3. The summed E-state index contributed by atoms with van der Waals surface area (Å²) in [4.78, 5) is 18.3. The number of rotatable bonds is 3. The Bertz CT molecular complexity index is 786. The molecule has 0 aliphatic heterocycles. The lowest BCUT2D eigenvalue weighted by atomic mass is 10.1. The number of aryl methyl sites for hydroxylation is 2. The first-order valence-corrected chi connectivity index (χ1v) is 7.98. The van der Waals surface area contributed by atoms with Gasteiger partial charge in [-0.15, -0.1) is 11.3 Å². The van der Waals surface area contributed by atoms with Gasteiger partial charge >= 0.3 is 0 Å². The third-order valence-corrected chi connectivity index (χ3v) is 4.89. The molecule has 102 valence electrons. The molecule has 2 aromatic heterocycles. The number of benzene rings is 1. The summed E-state index contributed by atoms with van der Waals surface area (Å²) in [6.45, 7) is 4.18. The summed E-state index contributed by atoms with van der Waals surface area (Å²) in [5, 5.41) is 0. The Hall–Kier alpha value is -1.46. The predicted octanol–water partition coefficient (Wildman–Crippen LogP) is 4.51. The fourth-order valence-corrected chi connectivity index (χ4v) is 3.76. The van der Waals surface area contributed by atoms with Crippen molar-refractivity contribution in [2.24, 2.45) is 0 Å². The SMILES string of the molecule is CCc1c(C)sc2nc(-c3ccc(Br)cc3)c(C=O)n12. The fraction of sp³-hybridized carbons (Fsp3) is 0.200. The standard InChI is InChI=1S/C15H13BrN2OS/c1-3-12-9(2)20-15-17-14(13(8-19)18(12)15)10-4-6-11(16)7-5-10/h4-8H,3H2,1-2H3. The van der Waals surface area contributed by atoms with Gasteiger partial charge in [-0.25, -0.2) is 4.98 Å². The fourth-order valence-electron chi connectivity index (χ4n) is 2.43. The van der Waals surface area contributed by atoms with Crippen molar-refractivity contribution < 1.29 is 4.79 Å². The molecule has 0 N–H and O–H groups in total. The first-order valence-electron chi connectivity index (χ1n) is 6.37. The number of carbonyl (C=O) groups excluding carboxylic acids is 1. The van der Waals surface area contributed by atoms with E-state index in [-0.39, 0.29) is 0 Å². The second kappa shape index (κ2) is 5.14. The Morgan fingerprint density at radius 2 is 2.05 bits per heavy atom. The van der Waals surface area contributed by atoms with Crippen LogP contribution in [-0.2, 0) is 6.42 Å². The van der Waals surface area contributed by atoms with E-state index in [9.17, 15) is 4.79 Å². The minimum atomic E-state index is 0.642. The monoisotopic (exact) mass is 348 g/mol. The second-order valence-electron chi connectivity index (χ2n) is 4.55. The summed E-state index contributed by atoms with van der Waals surface area (Å²) in [5.41, 5.74) is 3.53. The van der Waals surface area contributed by atoms with E-state index in [1.807, 2.05) is 28.7 Å². The summed E-state index contributed by atoms with van der Waals surface area (Å²) >= 11 is 5.06. The van der Waals surface area contributed by atoms with Gasteiger partial charge < -0.3 is 0 Å². The summed E-state index contributed by atoms with van der Waals surface area (Å²) < 4.78 is 3.00. The minimum absolute atomic E-state index is 0.642. The molecule has 0 aliphatic carbocycles. The van der Waals surface area contributed by atoms with Gasteiger partial charge in [0.1, 0.15) is 11.4 Å². The molecule has 0 saturated carbocycles. The lowest BCUT2D eigenvalue weighted by Crippen LogP contribution is -1.97. The van der Waals surface area contributed by atoms with E-state index in [2.05, 4.69) is 34.8 Å². The maximum Gasteiger partial charge on any atom is 0.195 e. The van der Waals surface area contributed by atoms with Crippen molar-refractivity contribution in [2.75, 3.05) is 0 Å². The van der Waals surface area contributed by atoms with E-state index in [4.69, 9.17) is 0 Å². The molecule has 0 fully saturated rings. The molecule has 3 rings (SSSR count). The highest BCUT2D eigenvalue weighted by Crippen LogP contribution is 2.31. The number of imidazole rings is 1. The molecule has 3 aromatic rings. The Morgan fingerprint density at radius 3 is 2.65 bits per heavy atom. The van der Waals surface area contributed by atoms with E-state index in [0.717, 1.165) is 33.4 Å². The molecule has 0 radical (unpaired) electrons. The van der Waals surface area contributed by atoms with Gasteiger partial charge in [-0.2, -0.15) is 0 Å². The Balaban J connectivity index is 2.29. The van der Waals surface area contributed by atoms with Crippen LogP contribution in [0.15, 0.2) is 28.7 Å². The molecule has 0 spiro atoms. The molecule has 2 heterocycles.